The van der Waals surface area contributed by atoms with Crippen LogP contribution in [0.1, 0.15) is 25.6 Å². The molecule has 1 aliphatic rings. The van der Waals surface area contributed by atoms with E-state index in [1.54, 1.807) is 0 Å². The highest BCUT2D eigenvalue weighted by Gasteiger charge is 2.15. The third kappa shape index (κ3) is 4.12. The molecule has 0 aliphatic carbocycles. The number of aliphatic imine (C=N–C) groups is 1. The molecule has 3 rings (SSSR count). The molecule has 2 aromatic rings. The topological polar surface area (TPSA) is 56.3 Å². The molecular formula is C16H24IN5. The summed E-state index contributed by atoms with van der Waals surface area (Å²) in [6.45, 7) is 6.04. The van der Waals surface area contributed by atoms with E-state index in [9.17, 15) is 0 Å². The smallest absolute Gasteiger partial charge is 0.193 e. The van der Waals surface area contributed by atoms with Crippen LogP contribution in [0.15, 0.2) is 29.3 Å². The molecule has 6 heteroatoms. The monoisotopic (exact) mass is 413 g/mol. The SMILES string of the molecule is CCNC(=NCCc1nc2ccccc2[nH]1)N1CCCC1.I. The predicted octanol–water partition coefficient (Wildman–Crippen LogP) is 2.78. The molecule has 22 heavy (non-hydrogen) atoms. The molecule has 1 fully saturated rings. The Balaban J connectivity index is 0.00000176. The van der Waals surface area contributed by atoms with E-state index in [-0.39, 0.29) is 24.0 Å². The molecule has 5 nitrogen and oxygen atoms in total. The van der Waals surface area contributed by atoms with Gasteiger partial charge in [0.05, 0.1) is 11.0 Å². The largest absolute Gasteiger partial charge is 0.357 e. The van der Waals surface area contributed by atoms with Gasteiger partial charge in [-0.2, -0.15) is 0 Å². The number of hydrogen-bond acceptors (Lipinski definition) is 2. The van der Waals surface area contributed by atoms with Crippen LogP contribution in [0.5, 0.6) is 0 Å². The highest BCUT2D eigenvalue weighted by atomic mass is 127. The average Bonchev–Trinajstić information content (AvgIpc) is 3.15. The lowest BCUT2D eigenvalue weighted by molar-refractivity contribution is 0.494. The summed E-state index contributed by atoms with van der Waals surface area (Å²) in [5, 5.41) is 3.38. The molecule has 0 radical (unpaired) electrons. The first kappa shape index (κ1) is 17.1. The van der Waals surface area contributed by atoms with Gasteiger partial charge in [-0.05, 0) is 31.9 Å². The molecule has 2 N–H and O–H groups in total. The Morgan fingerprint density at radius 2 is 2.09 bits per heavy atom. The van der Waals surface area contributed by atoms with Crippen LogP contribution in [0.25, 0.3) is 11.0 Å². The molecule has 0 saturated carbocycles. The fraction of sp³-hybridized carbons (Fsp3) is 0.500. The zero-order valence-corrected chi connectivity index (χ0v) is 15.3. The van der Waals surface area contributed by atoms with Crippen molar-refractivity contribution in [1.82, 2.24) is 20.2 Å². The highest BCUT2D eigenvalue weighted by molar-refractivity contribution is 14.0. The number of guanidine groups is 1. The Labute approximate surface area is 148 Å². The van der Waals surface area contributed by atoms with E-state index in [4.69, 9.17) is 4.99 Å². The van der Waals surface area contributed by atoms with Crippen LogP contribution in [-0.2, 0) is 6.42 Å². The van der Waals surface area contributed by atoms with Gasteiger partial charge in [-0.15, -0.1) is 24.0 Å². The normalized spacial score (nSPS) is 15.1. The maximum Gasteiger partial charge on any atom is 0.193 e. The summed E-state index contributed by atoms with van der Waals surface area (Å²) in [7, 11) is 0. The lowest BCUT2D eigenvalue weighted by Crippen LogP contribution is -2.39. The van der Waals surface area contributed by atoms with E-state index in [0.717, 1.165) is 55.4 Å². The van der Waals surface area contributed by atoms with Crippen molar-refractivity contribution in [1.29, 1.82) is 0 Å². The van der Waals surface area contributed by atoms with Crippen LogP contribution in [0.2, 0.25) is 0 Å². The number of aromatic amines is 1. The van der Waals surface area contributed by atoms with E-state index in [0.29, 0.717) is 0 Å². The van der Waals surface area contributed by atoms with E-state index in [2.05, 4.69) is 33.2 Å². The Bertz CT molecular complexity index is 583. The summed E-state index contributed by atoms with van der Waals surface area (Å²) in [6, 6.07) is 8.14. The first-order valence-electron chi connectivity index (χ1n) is 7.83. The second kappa shape index (κ2) is 8.36. The van der Waals surface area contributed by atoms with Crippen LogP contribution in [0, 0.1) is 0 Å². The average molecular weight is 413 g/mol. The van der Waals surface area contributed by atoms with Gasteiger partial charge in [0, 0.05) is 32.6 Å². The van der Waals surface area contributed by atoms with Crippen LogP contribution in [-0.4, -0.2) is 47.0 Å². The number of H-pyrrole nitrogens is 1. The van der Waals surface area contributed by atoms with Crippen molar-refractivity contribution in [3.05, 3.63) is 30.1 Å². The Hall–Kier alpha value is -1.31. The fourth-order valence-electron chi connectivity index (χ4n) is 2.75. The Morgan fingerprint density at radius 1 is 1.32 bits per heavy atom. The number of nitrogens with one attached hydrogen (secondary N) is 2. The van der Waals surface area contributed by atoms with Crippen LogP contribution < -0.4 is 5.32 Å². The lowest BCUT2D eigenvalue weighted by Gasteiger charge is -2.20. The molecule has 120 valence electrons. The van der Waals surface area contributed by atoms with E-state index >= 15 is 0 Å². The quantitative estimate of drug-likeness (QED) is 0.461. The third-order valence-electron chi connectivity index (χ3n) is 3.79. The van der Waals surface area contributed by atoms with E-state index in [1.807, 2.05) is 18.2 Å². The summed E-state index contributed by atoms with van der Waals surface area (Å²) in [5.74, 6) is 2.06. The molecule has 1 aromatic heterocycles. The molecule has 1 saturated heterocycles. The first-order chi connectivity index (χ1) is 10.4. The maximum absolute atomic E-state index is 4.73. The minimum absolute atomic E-state index is 0. The summed E-state index contributed by atoms with van der Waals surface area (Å²) >= 11 is 0. The number of rotatable bonds is 4. The fourth-order valence-corrected chi connectivity index (χ4v) is 2.75. The first-order valence-corrected chi connectivity index (χ1v) is 7.83. The zero-order chi connectivity index (χ0) is 14.5. The summed E-state index contributed by atoms with van der Waals surface area (Å²) in [4.78, 5) is 15.0. The van der Waals surface area contributed by atoms with Crippen molar-refractivity contribution in [2.24, 2.45) is 4.99 Å². The standard InChI is InChI=1S/C16H23N5.HI/c1-2-17-16(21-11-5-6-12-21)18-10-9-15-19-13-7-3-4-8-14(13)20-15;/h3-4,7-8H,2,5-6,9-12H2,1H3,(H,17,18)(H,19,20);1H. The van der Waals surface area contributed by atoms with Crippen LogP contribution >= 0.6 is 24.0 Å². The van der Waals surface area contributed by atoms with Gasteiger partial charge in [-0.1, -0.05) is 12.1 Å². The zero-order valence-electron chi connectivity index (χ0n) is 13.0. The Morgan fingerprint density at radius 3 is 2.82 bits per heavy atom. The van der Waals surface area contributed by atoms with E-state index < -0.39 is 0 Å². The number of imidazole rings is 1. The second-order valence-corrected chi connectivity index (χ2v) is 5.38. The number of likely N-dealkylation sites (tertiary alicyclic amines) is 1. The highest BCUT2D eigenvalue weighted by Crippen LogP contribution is 2.11. The van der Waals surface area contributed by atoms with Crippen molar-refractivity contribution >= 4 is 41.0 Å². The van der Waals surface area contributed by atoms with Gasteiger partial charge in [-0.25, -0.2) is 4.98 Å². The second-order valence-electron chi connectivity index (χ2n) is 5.38. The number of fused-ring (bicyclic) bond motifs is 1. The van der Waals surface area contributed by atoms with Crippen LogP contribution in [0.3, 0.4) is 0 Å². The van der Waals surface area contributed by atoms with Gasteiger partial charge in [0.2, 0.25) is 0 Å². The van der Waals surface area contributed by atoms with Crippen LogP contribution in [0.4, 0.5) is 0 Å². The van der Waals surface area contributed by atoms with Crippen molar-refractivity contribution in [2.75, 3.05) is 26.2 Å². The number of benzene rings is 1. The van der Waals surface area contributed by atoms with Crippen molar-refractivity contribution in [3.63, 3.8) is 0 Å². The maximum atomic E-state index is 4.73. The van der Waals surface area contributed by atoms with Gasteiger partial charge in [-0.3, -0.25) is 4.99 Å². The lowest BCUT2D eigenvalue weighted by atomic mass is 10.3. The minimum atomic E-state index is 0. The molecule has 2 heterocycles. The number of para-hydroxylation sites is 2. The summed E-state index contributed by atoms with van der Waals surface area (Å²) in [6.07, 6.45) is 3.39. The number of hydrogen-bond donors (Lipinski definition) is 2. The van der Waals surface area contributed by atoms with E-state index in [1.165, 1.54) is 12.8 Å². The minimum Gasteiger partial charge on any atom is -0.357 e. The third-order valence-corrected chi connectivity index (χ3v) is 3.79. The molecular weight excluding hydrogens is 389 g/mol. The number of aromatic nitrogens is 2. The summed E-state index contributed by atoms with van der Waals surface area (Å²) < 4.78 is 0. The number of halogens is 1. The van der Waals surface area contributed by atoms with Crippen molar-refractivity contribution in [3.8, 4) is 0 Å². The van der Waals surface area contributed by atoms with Gasteiger partial charge in [0.15, 0.2) is 5.96 Å². The molecule has 0 amide bonds. The molecule has 1 aliphatic heterocycles. The van der Waals surface area contributed by atoms with Gasteiger partial charge in [0.25, 0.3) is 0 Å². The molecule has 1 aromatic carbocycles. The number of nitrogens with zero attached hydrogens (tertiary/aromatic N) is 3. The van der Waals surface area contributed by atoms with Crippen molar-refractivity contribution < 1.29 is 0 Å². The van der Waals surface area contributed by atoms with Gasteiger partial charge in [0.1, 0.15) is 5.82 Å². The molecule has 0 spiro atoms. The van der Waals surface area contributed by atoms with Crippen molar-refractivity contribution in [2.45, 2.75) is 26.2 Å². The van der Waals surface area contributed by atoms with Gasteiger partial charge >= 0.3 is 0 Å². The molecule has 0 unspecified atom stereocenters. The van der Waals surface area contributed by atoms with Gasteiger partial charge < -0.3 is 15.2 Å². The molecule has 0 atom stereocenters. The molecule has 0 bridgehead atoms. The Kier molecular flexibility index (Phi) is 6.48. The predicted molar refractivity (Wildman–Crippen MR) is 102 cm³/mol. The summed E-state index contributed by atoms with van der Waals surface area (Å²) in [5.41, 5.74) is 2.13.